The molecule has 1 aromatic heterocycles. The first-order valence-electron chi connectivity index (χ1n) is 8.22. The molecule has 0 bridgehead atoms. The number of nitrogens with zero attached hydrogens (tertiary/aromatic N) is 3. The number of carbonyl (C=O) groups is 1. The Hall–Kier alpha value is -1.40. The van der Waals surface area contributed by atoms with Gasteiger partial charge in [-0.05, 0) is 5.92 Å². The second-order valence-corrected chi connectivity index (χ2v) is 6.74. The number of imidazole rings is 1. The van der Waals surface area contributed by atoms with Gasteiger partial charge in [0.2, 0.25) is 0 Å². The minimum Gasteiger partial charge on any atom is -0.379 e. The molecule has 6 heteroatoms. The molecule has 1 aromatic rings. The minimum atomic E-state index is 0.0713. The highest BCUT2D eigenvalue weighted by Crippen LogP contribution is 2.24. The molecule has 2 saturated heterocycles. The van der Waals surface area contributed by atoms with Crippen LogP contribution in [0.25, 0.3) is 0 Å². The SMILES string of the molecule is CC(C)c1ncc(C(=O)N2C[C@@H](N3CCOCC3)[C@@H](C)C2)[nH]1. The number of likely N-dealkylation sites (tertiary alicyclic amines) is 1. The van der Waals surface area contributed by atoms with E-state index < -0.39 is 0 Å². The Kier molecular flexibility index (Phi) is 4.49. The topological polar surface area (TPSA) is 61.5 Å². The maximum atomic E-state index is 12.7. The molecule has 0 aromatic carbocycles. The third-order valence-electron chi connectivity index (χ3n) is 4.75. The number of aromatic amines is 1. The number of hydrogen-bond donors (Lipinski definition) is 1. The van der Waals surface area contributed by atoms with Gasteiger partial charge >= 0.3 is 0 Å². The smallest absolute Gasteiger partial charge is 0.271 e. The summed E-state index contributed by atoms with van der Waals surface area (Å²) in [7, 11) is 0. The number of aromatic nitrogens is 2. The molecule has 2 fully saturated rings. The zero-order chi connectivity index (χ0) is 15.7. The first-order valence-corrected chi connectivity index (χ1v) is 8.22. The molecule has 3 heterocycles. The second-order valence-electron chi connectivity index (χ2n) is 6.74. The van der Waals surface area contributed by atoms with Gasteiger partial charge in [0.25, 0.3) is 5.91 Å². The van der Waals surface area contributed by atoms with Crippen molar-refractivity contribution in [1.82, 2.24) is 19.8 Å². The number of carbonyl (C=O) groups excluding carboxylic acids is 1. The van der Waals surface area contributed by atoms with Crippen LogP contribution in [0.1, 0.15) is 43.0 Å². The van der Waals surface area contributed by atoms with Crippen molar-refractivity contribution in [3.8, 4) is 0 Å². The average molecular weight is 306 g/mol. The van der Waals surface area contributed by atoms with Crippen molar-refractivity contribution in [2.45, 2.75) is 32.7 Å². The van der Waals surface area contributed by atoms with Gasteiger partial charge in [-0.1, -0.05) is 20.8 Å². The van der Waals surface area contributed by atoms with Crippen LogP contribution in [-0.4, -0.2) is 71.1 Å². The highest BCUT2D eigenvalue weighted by Gasteiger charge is 2.37. The molecule has 0 radical (unpaired) electrons. The lowest BCUT2D eigenvalue weighted by molar-refractivity contribution is 0.0119. The van der Waals surface area contributed by atoms with E-state index in [4.69, 9.17) is 4.74 Å². The van der Waals surface area contributed by atoms with E-state index in [9.17, 15) is 4.79 Å². The van der Waals surface area contributed by atoms with Crippen molar-refractivity contribution in [3.63, 3.8) is 0 Å². The van der Waals surface area contributed by atoms with E-state index in [-0.39, 0.29) is 5.91 Å². The summed E-state index contributed by atoms with van der Waals surface area (Å²) in [6, 6.07) is 0.445. The van der Waals surface area contributed by atoms with Crippen LogP contribution in [0.3, 0.4) is 0 Å². The highest BCUT2D eigenvalue weighted by molar-refractivity contribution is 5.92. The van der Waals surface area contributed by atoms with Gasteiger partial charge in [-0.25, -0.2) is 4.98 Å². The summed E-state index contributed by atoms with van der Waals surface area (Å²) in [6.45, 7) is 11.5. The number of morpholine rings is 1. The van der Waals surface area contributed by atoms with E-state index in [1.54, 1.807) is 6.20 Å². The van der Waals surface area contributed by atoms with E-state index in [2.05, 4.69) is 35.6 Å². The van der Waals surface area contributed by atoms with Crippen LogP contribution < -0.4 is 0 Å². The predicted octanol–water partition coefficient (Wildman–Crippen LogP) is 1.33. The largest absolute Gasteiger partial charge is 0.379 e. The number of nitrogens with one attached hydrogen (secondary N) is 1. The summed E-state index contributed by atoms with van der Waals surface area (Å²) in [5.41, 5.74) is 0.610. The summed E-state index contributed by atoms with van der Waals surface area (Å²) < 4.78 is 5.43. The Morgan fingerprint density at radius 1 is 1.36 bits per heavy atom. The number of ether oxygens (including phenoxy) is 1. The van der Waals surface area contributed by atoms with Crippen molar-refractivity contribution in [2.24, 2.45) is 5.92 Å². The van der Waals surface area contributed by atoms with Gasteiger partial charge in [0.05, 0.1) is 19.4 Å². The maximum Gasteiger partial charge on any atom is 0.271 e. The molecule has 2 atom stereocenters. The Balaban J connectivity index is 1.66. The number of H-pyrrole nitrogens is 1. The van der Waals surface area contributed by atoms with E-state index in [0.717, 1.165) is 45.2 Å². The predicted molar refractivity (Wildman–Crippen MR) is 83.9 cm³/mol. The van der Waals surface area contributed by atoms with Crippen LogP contribution in [0.4, 0.5) is 0 Å². The van der Waals surface area contributed by atoms with Gasteiger partial charge in [0, 0.05) is 38.1 Å². The summed E-state index contributed by atoms with van der Waals surface area (Å²) in [4.78, 5) is 24.6. The van der Waals surface area contributed by atoms with Gasteiger partial charge in [0.1, 0.15) is 11.5 Å². The van der Waals surface area contributed by atoms with Gasteiger partial charge in [-0.15, -0.1) is 0 Å². The molecule has 3 rings (SSSR count). The van der Waals surface area contributed by atoms with Crippen LogP contribution in [0.15, 0.2) is 6.20 Å². The number of hydrogen-bond acceptors (Lipinski definition) is 4. The van der Waals surface area contributed by atoms with E-state index in [1.807, 2.05) is 4.90 Å². The van der Waals surface area contributed by atoms with Crippen molar-refractivity contribution in [2.75, 3.05) is 39.4 Å². The van der Waals surface area contributed by atoms with E-state index in [0.29, 0.717) is 23.6 Å². The molecule has 0 unspecified atom stereocenters. The molecule has 22 heavy (non-hydrogen) atoms. The van der Waals surface area contributed by atoms with Gasteiger partial charge < -0.3 is 14.6 Å². The molecule has 2 aliphatic heterocycles. The Morgan fingerprint density at radius 2 is 2.09 bits per heavy atom. The van der Waals surface area contributed by atoms with Crippen LogP contribution in [-0.2, 0) is 4.74 Å². The van der Waals surface area contributed by atoms with Crippen LogP contribution in [0.2, 0.25) is 0 Å². The van der Waals surface area contributed by atoms with Gasteiger partial charge in [0.15, 0.2) is 0 Å². The molecular formula is C16H26N4O2. The monoisotopic (exact) mass is 306 g/mol. The molecule has 0 aliphatic carbocycles. The highest BCUT2D eigenvalue weighted by atomic mass is 16.5. The lowest BCUT2D eigenvalue weighted by Gasteiger charge is -2.33. The standard InChI is InChI=1S/C16H26N4O2/c1-11(2)15-17-8-13(18-15)16(21)20-9-12(3)14(10-20)19-4-6-22-7-5-19/h8,11-12,14H,4-7,9-10H2,1-3H3,(H,17,18)/t12-,14+/m0/s1. The van der Waals surface area contributed by atoms with E-state index in [1.165, 1.54) is 0 Å². The Morgan fingerprint density at radius 3 is 2.73 bits per heavy atom. The lowest BCUT2D eigenvalue weighted by Crippen LogP contribution is -2.47. The quantitative estimate of drug-likeness (QED) is 0.915. The molecular weight excluding hydrogens is 280 g/mol. The molecule has 122 valence electrons. The second kappa shape index (κ2) is 6.38. The van der Waals surface area contributed by atoms with E-state index >= 15 is 0 Å². The van der Waals surface area contributed by atoms with Crippen LogP contribution in [0, 0.1) is 5.92 Å². The third kappa shape index (κ3) is 3.03. The van der Waals surface area contributed by atoms with Crippen molar-refractivity contribution < 1.29 is 9.53 Å². The van der Waals surface area contributed by atoms with Crippen molar-refractivity contribution >= 4 is 5.91 Å². The zero-order valence-electron chi connectivity index (χ0n) is 13.7. The van der Waals surface area contributed by atoms with Crippen LogP contribution in [0.5, 0.6) is 0 Å². The van der Waals surface area contributed by atoms with Crippen LogP contribution >= 0.6 is 0 Å². The fraction of sp³-hybridized carbons (Fsp3) is 0.750. The molecule has 6 nitrogen and oxygen atoms in total. The third-order valence-corrected chi connectivity index (χ3v) is 4.75. The van der Waals surface area contributed by atoms with Gasteiger partial charge in [-0.3, -0.25) is 9.69 Å². The number of rotatable bonds is 3. The van der Waals surface area contributed by atoms with Gasteiger partial charge in [-0.2, -0.15) is 0 Å². The lowest BCUT2D eigenvalue weighted by atomic mass is 10.0. The molecule has 2 aliphatic rings. The fourth-order valence-electron chi connectivity index (χ4n) is 3.41. The first kappa shape index (κ1) is 15.5. The Labute approximate surface area is 131 Å². The summed E-state index contributed by atoms with van der Waals surface area (Å²) in [5.74, 6) is 1.75. The maximum absolute atomic E-state index is 12.7. The zero-order valence-corrected chi connectivity index (χ0v) is 13.7. The van der Waals surface area contributed by atoms with Crippen molar-refractivity contribution in [3.05, 3.63) is 17.7 Å². The Bertz CT molecular complexity index is 522. The molecule has 0 spiro atoms. The normalized spacial score (nSPS) is 26.8. The minimum absolute atomic E-state index is 0.0713. The molecule has 1 N–H and O–H groups in total. The summed E-state index contributed by atoms with van der Waals surface area (Å²) >= 11 is 0. The van der Waals surface area contributed by atoms with Crippen molar-refractivity contribution in [1.29, 1.82) is 0 Å². The fourth-order valence-corrected chi connectivity index (χ4v) is 3.41. The average Bonchev–Trinajstić information content (AvgIpc) is 3.14. The molecule has 1 amide bonds. The summed E-state index contributed by atoms with van der Waals surface area (Å²) in [6.07, 6.45) is 1.67. The number of amides is 1. The summed E-state index contributed by atoms with van der Waals surface area (Å²) in [5, 5.41) is 0. The molecule has 0 saturated carbocycles. The first-order chi connectivity index (χ1) is 10.6.